The molecule has 2 aromatic carbocycles. The van der Waals surface area contributed by atoms with Crippen LogP contribution >= 0.6 is 0 Å². The molecule has 3 rings (SSSR count). The van der Waals surface area contributed by atoms with E-state index in [0.717, 1.165) is 0 Å². The highest BCUT2D eigenvalue weighted by Crippen LogP contribution is 2.29. The molecule has 0 amide bonds. The second-order valence-corrected chi connectivity index (χ2v) is 9.23. The summed E-state index contributed by atoms with van der Waals surface area (Å²) in [5, 5.41) is 9.10. The van der Waals surface area contributed by atoms with Gasteiger partial charge in [-0.05, 0) is 61.4 Å². The molecular formula is C17H17F3O4S2. The SMILES string of the molecule is O=S(=O)([O-])c1ccc(C(F)(F)F)cc1.Oc1ccc([S+]2CCCC2)cc1. The predicted octanol–water partition coefficient (Wildman–Crippen LogP) is 3.77. The van der Waals surface area contributed by atoms with Gasteiger partial charge >= 0.3 is 6.18 Å². The Morgan fingerprint density at radius 3 is 1.85 bits per heavy atom. The molecule has 0 bridgehead atoms. The van der Waals surface area contributed by atoms with Gasteiger partial charge in [-0.25, -0.2) is 8.42 Å². The molecule has 1 heterocycles. The van der Waals surface area contributed by atoms with Crippen molar-refractivity contribution in [2.75, 3.05) is 11.5 Å². The van der Waals surface area contributed by atoms with Crippen molar-refractivity contribution < 1.29 is 31.2 Å². The number of aromatic hydroxyl groups is 1. The lowest BCUT2D eigenvalue weighted by atomic mass is 10.2. The molecule has 1 N–H and O–H groups in total. The maximum atomic E-state index is 12.0. The third-order valence-corrected chi connectivity index (χ3v) is 7.02. The summed E-state index contributed by atoms with van der Waals surface area (Å²) in [7, 11) is -4.19. The number of hydrogen-bond donors (Lipinski definition) is 1. The first-order chi connectivity index (χ1) is 12.1. The van der Waals surface area contributed by atoms with E-state index in [4.69, 9.17) is 5.11 Å². The van der Waals surface area contributed by atoms with Crippen molar-refractivity contribution in [2.45, 2.75) is 28.8 Å². The third-order valence-electron chi connectivity index (χ3n) is 3.67. The Hall–Kier alpha value is -1.71. The quantitative estimate of drug-likeness (QED) is 0.608. The average Bonchev–Trinajstić information content (AvgIpc) is 3.09. The van der Waals surface area contributed by atoms with Crippen LogP contribution in [0.15, 0.2) is 58.3 Å². The molecule has 1 fully saturated rings. The minimum absolute atomic E-state index is 0.376. The number of benzene rings is 2. The molecule has 1 saturated heterocycles. The Bertz CT molecular complexity index is 811. The van der Waals surface area contributed by atoms with E-state index in [1.54, 1.807) is 12.1 Å². The number of hydrogen-bond acceptors (Lipinski definition) is 4. The lowest BCUT2D eigenvalue weighted by Crippen LogP contribution is -2.05. The van der Waals surface area contributed by atoms with Crippen molar-refractivity contribution in [1.82, 2.24) is 0 Å². The van der Waals surface area contributed by atoms with Crippen LogP contribution in [0.25, 0.3) is 0 Å². The molecule has 142 valence electrons. The Morgan fingerprint density at radius 2 is 1.42 bits per heavy atom. The van der Waals surface area contributed by atoms with E-state index >= 15 is 0 Å². The zero-order valence-electron chi connectivity index (χ0n) is 13.6. The molecular weight excluding hydrogens is 389 g/mol. The average molecular weight is 406 g/mol. The molecule has 0 aliphatic carbocycles. The van der Waals surface area contributed by atoms with Crippen LogP contribution in [0.1, 0.15) is 18.4 Å². The van der Waals surface area contributed by atoms with Gasteiger partial charge in [-0.3, -0.25) is 0 Å². The Balaban J connectivity index is 0.000000189. The molecule has 0 spiro atoms. The van der Waals surface area contributed by atoms with E-state index in [2.05, 4.69) is 12.1 Å². The first-order valence-corrected chi connectivity index (χ1v) is 10.6. The maximum absolute atomic E-state index is 12.0. The second-order valence-electron chi connectivity index (χ2n) is 5.58. The van der Waals surface area contributed by atoms with E-state index in [9.17, 15) is 26.1 Å². The van der Waals surface area contributed by atoms with E-state index in [1.165, 1.54) is 29.2 Å². The summed E-state index contributed by atoms with van der Waals surface area (Å²) in [6, 6.07) is 10.1. The van der Waals surface area contributed by atoms with Crippen LogP contribution in [-0.2, 0) is 27.2 Å². The van der Waals surface area contributed by atoms with Crippen molar-refractivity contribution in [3.8, 4) is 5.75 Å². The molecule has 0 aromatic heterocycles. The first-order valence-electron chi connectivity index (χ1n) is 7.67. The van der Waals surface area contributed by atoms with Gasteiger partial charge in [-0.15, -0.1) is 0 Å². The number of phenolic OH excluding ortho intramolecular Hbond substituents is 1. The van der Waals surface area contributed by atoms with Gasteiger partial charge in [-0.1, -0.05) is 0 Å². The Labute approximate surface area is 152 Å². The second kappa shape index (κ2) is 8.32. The lowest BCUT2D eigenvalue weighted by Gasteiger charge is -2.09. The zero-order chi connectivity index (χ0) is 19.4. The summed E-state index contributed by atoms with van der Waals surface area (Å²) < 4.78 is 67.0. The number of rotatable bonds is 2. The lowest BCUT2D eigenvalue weighted by molar-refractivity contribution is -0.137. The summed E-state index contributed by atoms with van der Waals surface area (Å²) >= 11 is 0. The summed E-state index contributed by atoms with van der Waals surface area (Å²) in [5.74, 6) is 3.08. The zero-order valence-corrected chi connectivity index (χ0v) is 15.2. The molecule has 0 unspecified atom stereocenters. The van der Waals surface area contributed by atoms with Gasteiger partial charge in [0.05, 0.1) is 10.5 Å². The highest BCUT2D eigenvalue weighted by molar-refractivity contribution is 7.97. The highest BCUT2D eigenvalue weighted by Gasteiger charge is 2.30. The molecule has 4 nitrogen and oxygen atoms in total. The fraction of sp³-hybridized carbons (Fsp3) is 0.294. The van der Waals surface area contributed by atoms with Gasteiger partial charge in [0.1, 0.15) is 27.4 Å². The van der Waals surface area contributed by atoms with E-state index < -0.39 is 26.8 Å². The van der Waals surface area contributed by atoms with Crippen molar-refractivity contribution in [3.05, 3.63) is 54.1 Å². The Morgan fingerprint density at radius 1 is 0.923 bits per heavy atom. The van der Waals surface area contributed by atoms with E-state index in [0.29, 0.717) is 40.9 Å². The van der Waals surface area contributed by atoms with Gasteiger partial charge in [0.2, 0.25) is 0 Å². The number of halogens is 3. The predicted molar refractivity (Wildman–Crippen MR) is 92.1 cm³/mol. The largest absolute Gasteiger partial charge is 0.744 e. The first kappa shape index (κ1) is 20.6. The van der Waals surface area contributed by atoms with E-state index in [1.807, 2.05) is 0 Å². The number of phenols is 1. The van der Waals surface area contributed by atoms with Crippen LogP contribution in [0.5, 0.6) is 5.75 Å². The highest BCUT2D eigenvalue weighted by atomic mass is 32.2. The molecule has 1 aliphatic heterocycles. The summed E-state index contributed by atoms with van der Waals surface area (Å²) in [6.07, 6.45) is -1.78. The van der Waals surface area contributed by atoms with Crippen LogP contribution in [0.2, 0.25) is 0 Å². The Kier molecular flexibility index (Phi) is 6.59. The molecule has 2 aromatic rings. The van der Waals surface area contributed by atoms with Gasteiger partial charge in [-0.2, -0.15) is 13.2 Å². The normalized spacial score (nSPS) is 15.4. The number of alkyl halides is 3. The summed E-state index contributed by atoms with van der Waals surface area (Å²) in [4.78, 5) is 0.746. The van der Waals surface area contributed by atoms with Crippen molar-refractivity contribution >= 4 is 21.0 Å². The standard InChI is InChI=1S/C10H12OS.C7H5F3O3S/c11-9-3-5-10(6-4-9)12-7-1-2-8-12;8-7(9,10)5-1-3-6(4-2-5)14(11,12)13/h3-6H,1-2,7-8H2;1-4H,(H,11,12,13). The van der Waals surface area contributed by atoms with Crippen molar-refractivity contribution in [3.63, 3.8) is 0 Å². The summed E-state index contributed by atoms with van der Waals surface area (Å²) in [6.45, 7) is 0. The van der Waals surface area contributed by atoms with Gasteiger partial charge in [0.15, 0.2) is 4.90 Å². The summed E-state index contributed by atoms with van der Waals surface area (Å²) in [5.41, 5.74) is -0.995. The maximum Gasteiger partial charge on any atom is 0.416 e. The van der Waals surface area contributed by atoms with Gasteiger partial charge in [0, 0.05) is 10.9 Å². The molecule has 26 heavy (non-hydrogen) atoms. The molecule has 9 heteroatoms. The smallest absolute Gasteiger partial charge is 0.416 e. The van der Waals surface area contributed by atoms with Gasteiger partial charge in [0.25, 0.3) is 0 Å². The minimum Gasteiger partial charge on any atom is -0.744 e. The fourth-order valence-electron chi connectivity index (χ4n) is 2.34. The van der Waals surface area contributed by atoms with E-state index in [-0.39, 0.29) is 0 Å². The van der Waals surface area contributed by atoms with Crippen molar-refractivity contribution in [2.24, 2.45) is 0 Å². The van der Waals surface area contributed by atoms with Crippen LogP contribution in [0.4, 0.5) is 13.2 Å². The van der Waals surface area contributed by atoms with Crippen LogP contribution in [0, 0.1) is 0 Å². The van der Waals surface area contributed by atoms with Crippen LogP contribution in [0.3, 0.4) is 0 Å². The van der Waals surface area contributed by atoms with Crippen LogP contribution < -0.4 is 0 Å². The minimum atomic E-state index is -4.68. The molecule has 0 saturated carbocycles. The fourth-order valence-corrected chi connectivity index (χ4v) is 5.11. The molecule has 0 atom stereocenters. The van der Waals surface area contributed by atoms with Crippen LogP contribution in [-0.4, -0.2) is 29.6 Å². The molecule has 1 aliphatic rings. The third kappa shape index (κ3) is 5.93. The van der Waals surface area contributed by atoms with Gasteiger partial charge < -0.3 is 9.66 Å². The molecule has 0 radical (unpaired) electrons. The topological polar surface area (TPSA) is 77.4 Å². The monoisotopic (exact) mass is 406 g/mol. The van der Waals surface area contributed by atoms with Crippen molar-refractivity contribution in [1.29, 1.82) is 0 Å².